The number of nitrogens with zero attached hydrogens (tertiary/aromatic N) is 2. The molecule has 2 aliphatic rings. The lowest BCUT2D eigenvalue weighted by Gasteiger charge is -2.29. The molecule has 1 fully saturated rings. The number of fused-ring (bicyclic) bond motifs is 2. The number of rotatable bonds is 5. The molecule has 4 aromatic rings. The van der Waals surface area contributed by atoms with E-state index < -0.39 is 6.04 Å². The molecule has 1 atom stereocenters. The van der Waals surface area contributed by atoms with Gasteiger partial charge in [-0.2, -0.15) is 0 Å². The van der Waals surface area contributed by atoms with E-state index in [9.17, 15) is 9.18 Å². The average Bonchev–Trinajstić information content (AvgIpc) is 3.46. The second kappa shape index (κ2) is 8.74. The van der Waals surface area contributed by atoms with E-state index in [1.54, 1.807) is 13.2 Å². The van der Waals surface area contributed by atoms with Crippen molar-refractivity contribution in [3.8, 4) is 5.75 Å². The van der Waals surface area contributed by atoms with Crippen LogP contribution in [0.15, 0.2) is 66.7 Å². The van der Waals surface area contributed by atoms with Crippen molar-refractivity contribution in [1.82, 2.24) is 15.2 Å². The van der Waals surface area contributed by atoms with E-state index in [-0.39, 0.29) is 11.7 Å². The number of piperazine rings is 1. The molecule has 0 bridgehead atoms. The average molecular weight is 471 g/mol. The summed E-state index contributed by atoms with van der Waals surface area (Å²) in [4.78, 5) is 21.4. The number of methoxy groups -OCH3 is 1. The molecule has 2 aliphatic heterocycles. The Morgan fingerprint density at radius 3 is 2.63 bits per heavy atom. The fourth-order valence-electron chi connectivity index (χ4n) is 5.31. The summed E-state index contributed by atoms with van der Waals surface area (Å²) in [5, 5.41) is 4.40. The highest BCUT2D eigenvalue weighted by Crippen LogP contribution is 2.41. The van der Waals surface area contributed by atoms with E-state index in [1.807, 2.05) is 41.3 Å². The van der Waals surface area contributed by atoms with Crippen molar-refractivity contribution < 1.29 is 13.9 Å². The number of nitrogens with one attached hydrogen (secondary N) is 2. The number of carbonyl (C=O) groups is 1. The maximum absolute atomic E-state index is 14.5. The number of amides is 1. The van der Waals surface area contributed by atoms with Crippen LogP contribution in [0.5, 0.6) is 5.75 Å². The number of halogens is 1. The SMILES string of the molecule is COc1ccc(F)cc1C(c1cc2ccccc2[nH]1)N1Cc2ccc(N3CCNCC3)cc2C1=O. The van der Waals surface area contributed by atoms with Crippen LogP contribution >= 0.6 is 0 Å². The second-order valence-corrected chi connectivity index (χ2v) is 9.11. The molecule has 2 N–H and O–H groups in total. The Balaban J connectivity index is 1.44. The summed E-state index contributed by atoms with van der Waals surface area (Å²) in [5.41, 5.74) is 5.14. The van der Waals surface area contributed by atoms with Gasteiger partial charge in [0.15, 0.2) is 0 Å². The Hall–Kier alpha value is -3.84. The van der Waals surface area contributed by atoms with Crippen molar-refractivity contribution in [3.63, 3.8) is 0 Å². The van der Waals surface area contributed by atoms with Crippen LogP contribution in [-0.4, -0.2) is 49.1 Å². The number of para-hydroxylation sites is 1. The van der Waals surface area contributed by atoms with Gasteiger partial charge in [-0.1, -0.05) is 24.3 Å². The summed E-state index contributed by atoms with van der Waals surface area (Å²) in [7, 11) is 1.57. The molecule has 0 aliphatic carbocycles. The number of ether oxygens (including phenoxy) is 1. The molecule has 1 unspecified atom stereocenters. The third-order valence-electron chi connectivity index (χ3n) is 7.05. The van der Waals surface area contributed by atoms with Gasteiger partial charge >= 0.3 is 0 Å². The molecule has 1 saturated heterocycles. The van der Waals surface area contributed by atoms with Gasteiger partial charge in [-0.25, -0.2) is 4.39 Å². The standard InChI is InChI=1S/C28H27FN4O2/c1-35-26-9-7-20(29)15-23(26)27(25-14-18-4-2-3-5-24(18)31-25)33-17-19-6-8-21(16-22(19)28(33)34)32-12-10-30-11-13-32/h2-9,14-16,27,30-31H,10-13,17H2,1H3. The summed E-state index contributed by atoms with van der Waals surface area (Å²) < 4.78 is 20.1. The third-order valence-corrected chi connectivity index (χ3v) is 7.05. The van der Waals surface area contributed by atoms with Gasteiger partial charge in [-0.15, -0.1) is 0 Å². The molecule has 3 heterocycles. The monoisotopic (exact) mass is 470 g/mol. The normalized spacial score (nSPS) is 16.6. The number of anilines is 1. The molecule has 0 spiro atoms. The van der Waals surface area contributed by atoms with Gasteiger partial charge in [0.2, 0.25) is 0 Å². The van der Waals surface area contributed by atoms with Crippen LogP contribution in [0.2, 0.25) is 0 Å². The first-order valence-electron chi connectivity index (χ1n) is 11.9. The van der Waals surface area contributed by atoms with E-state index in [1.165, 1.54) is 12.1 Å². The van der Waals surface area contributed by atoms with Gasteiger partial charge in [-0.05, 0) is 53.4 Å². The Labute approximate surface area is 203 Å². The van der Waals surface area contributed by atoms with Crippen LogP contribution in [0.3, 0.4) is 0 Å². The van der Waals surface area contributed by atoms with Gasteiger partial charge in [0, 0.05) is 60.7 Å². The molecule has 6 rings (SSSR count). The van der Waals surface area contributed by atoms with Gasteiger partial charge < -0.3 is 24.8 Å². The molecule has 0 radical (unpaired) electrons. The number of aromatic amines is 1. The lowest BCUT2D eigenvalue weighted by Crippen LogP contribution is -2.43. The summed E-state index contributed by atoms with van der Waals surface area (Å²) in [6.45, 7) is 4.12. The topological polar surface area (TPSA) is 60.6 Å². The lowest BCUT2D eigenvalue weighted by atomic mass is 10.0. The first-order valence-corrected chi connectivity index (χ1v) is 11.9. The zero-order chi connectivity index (χ0) is 23.9. The Bertz CT molecular complexity index is 1380. The molecular formula is C28H27FN4O2. The maximum atomic E-state index is 14.5. The first kappa shape index (κ1) is 21.7. The van der Waals surface area contributed by atoms with Crippen LogP contribution in [0.1, 0.15) is 33.2 Å². The first-order chi connectivity index (χ1) is 17.1. The molecule has 35 heavy (non-hydrogen) atoms. The number of aromatic nitrogens is 1. The number of hydrogen-bond donors (Lipinski definition) is 2. The summed E-state index contributed by atoms with van der Waals surface area (Å²) in [6.07, 6.45) is 0. The van der Waals surface area contributed by atoms with Gasteiger partial charge in [-0.3, -0.25) is 4.79 Å². The third kappa shape index (κ3) is 3.82. The Morgan fingerprint density at radius 1 is 1.00 bits per heavy atom. The van der Waals surface area contributed by atoms with Crippen molar-refractivity contribution in [3.05, 3.63) is 94.9 Å². The molecular weight excluding hydrogens is 443 g/mol. The van der Waals surface area contributed by atoms with Crippen molar-refractivity contribution >= 4 is 22.5 Å². The van der Waals surface area contributed by atoms with E-state index in [0.29, 0.717) is 23.4 Å². The quantitative estimate of drug-likeness (QED) is 0.452. The van der Waals surface area contributed by atoms with Crippen molar-refractivity contribution in [1.29, 1.82) is 0 Å². The van der Waals surface area contributed by atoms with Crippen molar-refractivity contribution in [2.45, 2.75) is 12.6 Å². The van der Waals surface area contributed by atoms with Crippen molar-refractivity contribution in [2.24, 2.45) is 0 Å². The highest BCUT2D eigenvalue weighted by molar-refractivity contribution is 6.00. The molecule has 0 saturated carbocycles. The Morgan fingerprint density at radius 2 is 1.83 bits per heavy atom. The van der Waals surface area contributed by atoms with Crippen molar-refractivity contribution in [2.75, 3.05) is 38.2 Å². The minimum atomic E-state index is -0.532. The Kier molecular flexibility index (Phi) is 5.41. The van der Waals surface area contributed by atoms with Gasteiger partial charge in [0.1, 0.15) is 17.6 Å². The van der Waals surface area contributed by atoms with Gasteiger partial charge in [0.25, 0.3) is 5.91 Å². The molecule has 1 aromatic heterocycles. The van der Waals surface area contributed by atoms with Gasteiger partial charge in [0.05, 0.1) is 7.11 Å². The van der Waals surface area contributed by atoms with Crippen LogP contribution in [-0.2, 0) is 6.54 Å². The zero-order valence-corrected chi connectivity index (χ0v) is 19.6. The predicted octanol–water partition coefficient (Wildman–Crippen LogP) is 4.47. The minimum absolute atomic E-state index is 0.0630. The summed E-state index contributed by atoms with van der Waals surface area (Å²) in [6, 6.07) is 20.1. The fraction of sp³-hybridized carbons (Fsp3) is 0.250. The van der Waals surface area contributed by atoms with E-state index in [4.69, 9.17) is 4.74 Å². The number of benzene rings is 3. The fourth-order valence-corrected chi connectivity index (χ4v) is 5.31. The molecule has 178 valence electrons. The smallest absolute Gasteiger partial charge is 0.255 e. The van der Waals surface area contributed by atoms with E-state index >= 15 is 0 Å². The largest absolute Gasteiger partial charge is 0.496 e. The van der Waals surface area contributed by atoms with E-state index in [0.717, 1.165) is 54.0 Å². The maximum Gasteiger partial charge on any atom is 0.255 e. The second-order valence-electron chi connectivity index (χ2n) is 9.11. The minimum Gasteiger partial charge on any atom is -0.496 e. The lowest BCUT2D eigenvalue weighted by molar-refractivity contribution is 0.0726. The number of H-pyrrole nitrogens is 1. The van der Waals surface area contributed by atoms with Crippen LogP contribution in [0, 0.1) is 5.82 Å². The predicted molar refractivity (Wildman–Crippen MR) is 134 cm³/mol. The molecule has 3 aromatic carbocycles. The summed E-state index contributed by atoms with van der Waals surface area (Å²) >= 11 is 0. The number of hydrogen-bond acceptors (Lipinski definition) is 4. The molecule has 6 nitrogen and oxygen atoms in total. The summed E-state index contributed by atoms with van der Waals surface area (Å²) in [5.74, 6) is 0.110. The number of carbonyl (C=O) groups excluding carboxylic acids is 1. The molecule has 7 heteroatoms. The van der Waals surface area contributed by atoms with E-state index in [2.05, 4.69) is 27.3 Å². The van der Waals surface area contributed by atoms with Crippen LogP contribution in [0.4, 0.5) is 10.1 Å². The van der Waals surface area contributed by atoms with Crippen LogP contribution < -0.4 is 15.0 Å². The highest BCUT2D eigenvalue weighted by Gasteiger charge is 2.37. The molecule has 1 amide bonds. The van der Waals surface area contributed by atoms with Crippen LogP contribution in [0.25, 0.3) is 10.9 Å². The highest BCUT2D eigenvalue weighted by atomic mass is 19.1. The zero-order valence-electron chi connectivity index (χ0n) is 19.6.